The molecule has 1 aliphatic heterocycles. The van der Waals surface area contributed by atoms with Crippen LogP contribution in [0.4, 0.5) is 0 Å². The SMILES string of the molecule is Cc1cn(C)c(C2CCCN2C(=O)Cc2c(C)n[nH]c2C)n1. The molecule has 0 aromatic carbocycles. The Morgan fingerprint density at radius 2 is 2.18 bits per heavy atom. The molecule has 2 aromatic heterocycles. The molecule has 118 valence electrons. The normalized spacial score (nSPS) is 18.2. The van der Waals surface area contributed by atoms with Crippen molar-refractivity contribution in [3.63, 3.8) is 0 Å². The van der Waals surface area contributed by atoms with Crippen molar-refractivity contribution in [3.8, 4) is 0 Å². The molecule has 22 heavy (non-hydrogen) atoms. The molecule has 0 saturated carbocycles. The highest BCUT2D eigenvalue weighted by molar-refractivity contribution is 5.80. The van der Waals surface area contributed by atoms with Gasteiger partial charge in [0.25, 0.3) is 0 Å². The first-order valence-electron chi connectivity index (χ1n) is 7.77. The van der Waals surface area contributed by atoms with E-state index in [9.17, 15) is 4.79 Å². The maximum Gasteiger partial charge on any atom is 0.227 e. The Hall–Kier alpha value is -2.11. The number of carbonyl (C=O) groups excluding carboxylic acids is 1. The Bertz CT molecular complexity index is 680. The van der Waals surface area contributed by atoms with Crippen LogP contribution in [0, 0.1) is 20.8 Å². The zero-order valence-electron chi connectivity index (χ0n) is 13.7. The minimum absolute atomic E-state index is 0.0960. The Morgan fingerprint density at radius 3 is 2.77 bits per heavy atom. The fourth-order valence-electron chi connectivity index (χ4n) is 3.37. The molecule has 1 aliphatic rings. The van der Waals surface area contributed by atoms with Crippen molar-refractivity contribution in [3.05, 3.63) is 34.7 Å². The number of H-pyrrole nitrogens is 1. The third-order valence-electron chi connectivity index (χ3n) is 4.51. The summed E-state index contributed by atoms with van der Waals surface area (Å²) in [5, 5.41) is 7.13. The van der Waals surface area contributed by atoms with Crippen molar-refractivity contribution in [2.45, 2.75) is 46.1 Å². The summed E-state index contributed by atoms with van der Waals surface area (Å²) < 4.78 is 2.04. The van der Waals surface area contributed by atoms with Crippen LogP contribution < -0.4 is 0 Å². The number of hydrogen-bond donors (Lipinski definition) is 1. The second kappa shape index (κ2) is 5.59. The monoisotopic (exact) mass is 301 g/mol. The molecule has 0 aliphatic carbocycles. The van der Waals surface area contributed by atoms with Gasteiger partial charge in [0.15, 0.2) is 0 Å². The van der Waals surface area contributed by atoms with E-state index < -0.39 is 0 Å². The highest BCUT2D eigenvalue weighted by atomic mass is 16.2. The molecule has 3 heterocycles. The number of likely N-dealkylation sites (tertiary alicyclic amines) is 1. The number of carbonyl (C=O) groups is 1. The third-order valence-corrected chi connectivity index (χ3v) is 4.51. The molecular formula is C16H23N5O. The van der Waals surface area contributed by atoms with Crippen molar-refractivity contribution < 1.29 is 4.79 Å². The van der Waals surface area contributed by atoms with Crippen LogP contribution in [0.25, 0.3) is 0 Å². The van der Waals surface area contributed by atoms with Gasteiger partial charge in [-0.1, -0.05) is 0 Å². The van der Waals surface area contributed by atoms with Crippen molar-refractivity contribution in [1.82, 2.24) is 24.6 Å². The minimum Gasteiger partial charge on any atom is -0.336 e. The van der Waals surface area contributed by atoms with Crippen LogP contribution in [-0.4, -0.2) is 37.1 Å². The average molecular weight is 301 g/mol. The van der Waals surface area contributed by atoms with E-state index in [1.807, 2.05) is 43.5 Å². The van der Waals surface area contributed by atoms with Crippen molar-refractivity contribution in [2.24, 2.45) is 7.05 Å². The number of imidazole rings is 1. The van der Waals surface area contributed by atoms with Gasteiger partial charge in [0.2, 0.25) is 5.91 Å². The van der Waals surface area contributed by atoms with Crippen LogP contribution >= 0.6 is 0 Å². The van der Waals surface area contributed by atoms with Gasteiger partial charge < -0.3 is 9.47 Å². The summed E-state index contributed by atoms with van der Waals surface area (Å²) in [7, 11) is 2.00. The summed E-state index contributed by atoms with van der Waals surface area (Å²) in [4.78, 5) is 19.4. The van der Waals surface area contributed by atoms with Crippen molar-refractivity contribution >= 4 is 5.91 Å². The van der Waals surface area contributed by atoms with E-state index in [1.54, 1.807) is 0 Å². The van der Waals surface area contributed by atoms with Gasteiger partial charge in [0, 0.05) is 31.0 Å². The number of aromatic amines is 1. The number of hydrogen-bond acceptors (Lipinski definition) is 3. The Balaban J connectivity index is 1.81. The molecule has 0 bridgehead atoms. The lowest BCUT2D eigenvalue weighted by atomic mass is 10.1. The minimum atomic E-state index is 0.0960. The van der Waals surface area contributed by atoms with Gasteiger partial charge in [-0.25, -0.2) is 4.98 Å². The predicted octanol–water partition coefficient (Wildman–Crippen LogP) is 1.97. The summed E-state index contributed by atoms with van der Waals surface area (Å²) in [5.41, 5.74) is 3.91. The molecule has 6 heteroatoms. The van der Waals surface area contributed by atoms with Crippen LogP contribution in [0.2, 0.25) is 0 Å². The van der Waals surface area contributed by atoms with E-state index in [-0.39, 0.29) is 11.9 Å². The van der Waals surface area contributed by atoms with E-state index in [1.165, 1.54) is 0 Å². The van der Waals surface area contributed by atoms with Crippen LogP contribution in [0.15, 0.2) is 6.20 Å². The lowest BCUT2D eigenvalue weighted by Crippen LogP contribution is -2.33. The summed E-state index contributed by atoms with van der Waals surface area (Å²) in [6, 6.07) is 0.0960. The zero-order valence-corrected chi connectivity index (χ0v) is 13.7. The maximum absolute atomic E-state index is 12.8. The van der Waals surface area contributed by atoms with Gasteiger partial charge >= 0.3 is 0 Å². The summed E-state index contributed by atoms with van der Waals surface area (Å²) in [5.74, 6) is 1.15. The molecule has 3 rings (SSSR count). The highest BCUT2D eigenvalue weighted by Gasteiger charge is 2.33. The van der Waals surface area contributed by atoms with E-state index in [0.717, 1.165) is 47.9 Å². The lowest BCUT2D eigenvalue weighted by molar-refractivity contribution is -0.131. The van der Waals surface area contributed by atoms with Gasteiger partial charge in [0.05, 0.1) is 23.9 Å². The van der Waals surface area contributed by atoms with E-state index in [0.29, 0.717) is 6.42 Å². The molecule has 1 N–H and O–H groups in total. The fourth-order valence-corrected chi connectivity index (χ4v) is 3.37. The number of amides is 1. The average Bonchev–Trinajstić information content (AvgIpc) is 3.14. The molecule has 1 unspecified atom stereocenters. The van der Waals surface area contributed by atoms with Gasteiger partial charge in [-0.15, -0.1) is 0 Å². The molecule has 1 saturated heterocycles. The standard InChI is InChI=1S/C16H23N5O/c1-10-9-20(4)16(17-10)14-6-5-7-21(14)15(22)8-13-11(2)18-19-12(13)3/h9,14H,5-8H2,1-4H3,(H,18,19). The molecule has 1 atom stereocenters. The second-order valence-electron chi connectivity index (χ2n) is 6.19. The Kier molecular flexibility index (Phi) is 3.76. The fraction of sp³-hybridized carbons (Fsp3) is 0.562. The molecule has 0 radical (unpaired) electrons. The van der Waals surface area contributed by atoms with Crippen molar-refractivity contribution in [2.75, 3.05) is 6.54 Å². The smallest absolute Gasteiger partial charge is 0.227 e. The Morgan fingerprint density at radius 1 is 1.41 bits per heavy atom. The van der Waals surface area contributed by atoms with Gasteiger partial charge in [-0.05, 0) is 33.6 Å². The molecule has 2 aromatic rings. The molecule has 1 amide bonds. The first-order chi connectivity index (χ1) is 10.5. The van der Waals surface area contributed by atoms with Gasteiger partial charge in [-0.3, -0.25) is 9.89 Å². The number of aromatic nitrogens is 4. The van der Waals surface area contributed by atoms with Crippen molar-refractivity contribution in [1.29, 1.82) is 0 Å². The number of aryl methyl sites for hydroxylation is 4. The largest absolute Gasteiger partial charge is 0.336 e. The van der Waals surface area contributed by atoms with Gasteiger partial charge in [-0.2, -0.15) is 5.10 Å². The molecule has 0 spiro atoms. The molecular weight excluding hydrogens is 278 g/mol. The first-order valence-corrected chi connectivity index (χ1v) is 7.77. The van der Waals surface area contributed by atoms with Crippen LogP contribution in [-0.2, 0) is 18.3 Å². The van der Waals surface area contributed by atoms with E-state index in [4.69, 9.17) is 0 Å². The quantitative estimate of drug-likeness (QED) is 0.942. The number of nitrogens with zero attached hydrogens (tertiary/aromatic N) is 4. The maximum atomic E-state index is 12.8. The highest BCUT2D eigenvalue weighted by Crippen LogP contribution is 2.31. The second-order valence-corrected chi connectivity index (χ2v) is 6.19. The number of nitrogens with one attached hydrogen (secondary N) is 1. The van der Waals surface area contributed by atoms with Gasteiger partial charge in [0.1, 0.15) is 5.82 Å². The molecule has 1 fully saturated rings. The third kappa shape index (κ3) is 2.53. The van der Waals surface area contributed by atoms with Crippen LogP contribution in [0.5, 0.6) is 0 Å². The zero-order chi connectivity index (χ0) is 15.9. The summed E-state index contributed by atoms with van der Waals surface area (Å²) >= 11 is 0. The first kappa shape index (κ1) is 14.8. The Labute approximate surface area is 130 Å². The molecule has 6 nitrogen and oxygen atoms in total. The van der Waals surface area contributed by atoms with E-state index in [2.05, 4.69) is 15.2 Å². The van der Waals surface area contributed by atoms with Crippen LogP contribution in [0.1, 0.15) is 47.4 Å². The topological polar surface area (TPSA) is 66.8 Å². The van der Waals surface area contributed by atoms with Crippen LogP contribution in [0.3, 0.4) is 0 Å². The number of rotatable bonds is 3. The predicted molar refractivity (Wildman–Crippen MR) is 83.4 cm³/mol. The summed E-state index contributed by atoms with van der Waals surface area (Å²) in [6.07, 6.45) is 4.44. The van der Waals surface area contributed by atoms with E-state index >= 15 is 0 Å². The lowest BCUT2D eigenvalue weighted by Gasteiger charge is -2.24. The summed E-state index contributed by atoms with van der Waals surface area (Å²) in [6.45, 7) is 6.70.